The van der Waals surface area contributed by atoms with Gasteiger partial charge in [-0.05, 0) is 24.3 Å². The van der Waals surface area contributed by atoms with Crippen molar-refractivity contribution in [2.75, 3.05) is 32.8 Å². The lowest BCUT2D eigenvalue weighted by molar-refractivity contribution is 0.102. The molecule has 1 aliphatic heterocycles. The van der Waals surface area contributed by atoms with Gasteiger partial charge in [-0.2, -0.15) is 0 Å². The van der Waals surface area contributed by atoms with E-state index in [4.69, 9.17) is 30.5 Å². The predicted octanol–water partition coefficient (Wildman–Crippen LogP) is 3.38. The Labute approximate surface area is 144 Å². The van der Waals surface area contributed by atoms with Crippen LogP contribution in [0.25, 0.3) is 0 Å². The van der Waals surface area contributed by atoms with Crippen LogP contribution in [0.15, 0.2) is 30.3 Å². The molecular formula is C17H16ClNO5. The van der Waals surface area contributed by atoms with Crippen molar-refractivity contribution < 1.29 is 23.7 Å². The third kappa shape index (κ3) is 3.19. The zero-order valence-electron chi connectivity index (χ0n) is 13.2. The van der Waals surface area contributed by atoms with Crippen molar-refractivity contribution in [1.82, 2.24) is 0 Å². The van der Waals surface area contributed by atoms with Gasteiger partial charge in [0.25, 0.3) is 5.91 Å². The van der Waals surface area contributed by atoms with Gasteiger partial charge >= 0.3 is 0 Å². The minimum Gasteiger partial charge on any atom is -0.493 e. The summed E-state index contributed by atoms with van der Waals surface area (Å²) in [4.78, 5) is 12.5. The van der Waals surface area contributed by atoms with Crippen molar-refractivity contribution >= 4 is 23.2 Å². The molecule has 2 aromatic carbocycles. The normalized spacial score (nSPS) is 12.5. The summed E-state index contributed by atoms with van der Waals surface area (Å²) in [6.07, 6.45) is 0. The fraction of sp³-hybridized carbons (Fsp3) is 0.235. The number of hydrogen-bond donors (Lipinski definition) is 1. The first-order chi connectivity index (χ1) is 11.6. The van der Waals surface area contributed by atoms with Gasteiger partial charge in [-0.15, -0.1) is 0 Å². The highest BCUT2D eigenvalue weighted by atomic mass is 35.5. The van der Waals surface area contributed by atoms with E-state index < -0.39 is 0 Å². The number of carbonyl (C=O) groups is 1. The second kappa shape index (κ2) is 6.88. The smallest absolute Gasteiger partial charge is 0.255 e. The molecule has 7 heteroatoms. The molecule has 24 heavy (non-hydrogen) atoms. The minimum absolute atomic E-state index is 0.296. The molecular weight excluding hydrogens is 334 g/mol. The van der Waals surface area contributed by atoms with Gasteiger partial charge < -0.3 is 24.3 Å². The van der Waals surface area contributed by atoms with Crippen molar-refractivity contribution in [2.45, 2.75) is 0 Å². The number of methoxy groups -OCH3 is 2. The second-order valence-corrected chi connectivity index (χ2v) is 5.41. The van der Waals surface area contributed by atoms with Crippen molar-refractivity contribution in [3.8, 4) is 23.0 Å². The highest BCUT2D eigenvalue weighted by molar-refractivity contribution is 6.32. The molecule has 1 N–H and O–H groups in total. The van der Waals surface area contributed by atoms with Crippen LogP contribution in [0, 0.1) is 0 Å². The van der Waals surface area contributed by atoms with Crippen LogP contribution in [0.1, 0.15) is 10.4 Å². The topological polar surface area (TPSA) is 66.0 Å². The van der Waals surface area contributed by atoms with E-state index in [1.54, 1.807) is 24.3 Å². The molecule has 0 unspecified atom stereocenters. The van der Waals surface area contributed by atoms with Gasteiger partial charge in [0.2, 0.25) is 0 Å². The second-order valence-electron chi connectivity index (χ2n) is 5.01. The number of ether oxygens (including phenoxy) is 4. The number of benzene rings is 2. The monoisotopic (exact) mass is 349 g/mol. The summed E-state index contributed by atoms with van der Waals surface area (Å²) in [5.74, 6) is 1.71. The van der Waals surface area contributed by atoms with Crippen LogP contribution in [0.4, 0.5) is 5.69 Å². The molecule has 1 aliphatic rings. The Morgan fingerprint density at radius 2 is 1.83 bits per heavy atom. The Balaban J connectivity index is 1.83. The SMILES string of the molecule is COc1cc(C(=O)Nc2ccc3c(c2)OCCO3)cc(Cl)c1OC. The minimum atomic E-state index is -0.325. The van der Waals surface area contributed by atoms with Gasteiger partial charge in [-0.25, -0.2) is 0 Å². The van der Waals surface area contributed by atoms with Crippen molar-refractivity contribution in [2.24, 2.45) is 0 Å². The molecule has 0 saturated carbocycles. The quantitative estimate of drug-likeness (QED) is 0.916. The van der Waals surface area contributed by atoms with E-state index in [9.17, 15) is 4.79 Å². The molecule has 0 saturated heterocycles. The predicted molar refractivity (Wildman–Crippen MR) is 89.9 cm³/mol. The Morgan fingerprint density at radius 3 is 2.54 bits per heavy atom. The summed E-state index contributed by atoms with van der Waals surface area (Å²) in [6, 6.07) is 8.31. The maximum absolute atomic E-state index is 12.5. The molecule has 0 aromatic heterocycles. The number of anilines is 1. The van der Waals surface area contributed by atoms with E-state index in [1.807, 2.05) is 0 Å². The van der Waals surface area contributed by atoms with Gasteiger partial charge in [0.15, 0.2) is 23.0 Å². The zero-order valence-corrected chi connectivity index (χ0v) is 14.0. The number of nitrogens with one attached hydrogen (secondary N) is 1. The number of fused-ring (bicyclic) bond motifs is 1. The molecule has 0 aliphatic carbocycles. The van der Waals surface area contributed by atoms with Crippen LogP contribution in [-0.2, 0) is 0 Å². The summed E-state index contributed by atoms with van der Waals surface area (Å²) in [5, 5.41) is 3.09. The summed E-state index contributed by atoms with van der Waals surface area (Å²) in [7, 11) is 2.97. The molecule has 0 fully saturated rings. The standard InChI is InChI=1S/C17H16ClNO5/c1-21-15-8-10(7-12(18)16(15)22-2)17(20)19-11-3-4-13-14(9-11)24-6-5-23-13/h3-4,7-9H,5-6H2,1-2H3,(H,19,20). The molecule has 1 amide bonds. The third-order valence-electron chi connectivity index (χ3n) is 3.50. The van der Waals surface area contributed by atoms with Crippen LogP contribution in [0.2, 0.25) is 5.02 Å². The number of carbonyl (C=O) groups excluding carboxylic acids is 1. The van der Waals surface area contributed by atoms with E-state index in [2.05, 4.69) is 5.32 Å². The maximum Gasteiger partial charge on any atom is 0.255 e. The molecule has 0 radical (unpaired) electrons. The van der Waals surface area contributed by atoms with Crippen molar-refractivity contribution in [3.05, 3.63) is 40.9 Å². The first kappa shape index (κ1) is 16.3. The molecule has 126 valence electrons. The number of rotatable bonds is 4. The van der Waals surface area contributed by atoms with Gasteiger partial charge in [-0.3, -0.25) is 4.79 Å². The van der Waals surface area contributed by atoms with Crippen LogP contribution >= 0.6 is 11.6 Å². The molecule has 3 rings (SSSR count). The van der Waals surface area contributed by atoms with Crippen LogP contribution in [0.3, 0.4) is 0 Å². The molecule has 0 atom stereocenters. The van der Waals surface area contributed by atoms with Gasteiger partial charge in [0, 0.05) is 17.3 Å². The Bertz CT molecular complexity index is 778. The lowest BCUT2D eigenvalue weighted by Gasteiger charge is -2.19. The fourth-order valence-electron chi connectivity index (χ4n) is 2.37. The number of halogens is 1. The van der Waals surface area contributed by atoms with Gasteiger partial charge in [0.05, 0.1) is 19.2 Å². The van der Waals surface area contributed by atoms with E-state index in [0.717, 1.165) is 0 Å². The van der Waals surface area contributed by atoms with Gasteiger partial charge in [0.1, 0.15) is 13.2 Å². The number of hydrogen-bond acceptors (Lipinski definition) is 5. The molecule has 2 aromatic rings. The van der Waals surface area contributed by atoms with E-state index in [-0.39, 0.29) is 5.91 Å². The molecule has 0 bridgehead atoms. The molecule has 6 nitrogen and oxygen atoms in total. The van der Waals surface area contributed by atoms with Gasteiger partial charge in [-0.1, -0.05) is 11.6 Å². The Kier molecular flexibility index (Phi) is 4.66. The van der Waals surface area contributed by atoms with Crippen molar-refractivity contribution in [1.29, 1.82) is 0 Å². The van der Waals surface area contributed by atoms with E-state index in [0.29, 0.717) is 52.5 Å². The van der Waals surface area contributed by atoms with Crippen LogP contribution < -0.4 is 24.3 Å². The van der Waals surface area contributed by atoms with Crippen LogP contribution in [0.5, 0.6) is 23.0 Å². The zero-order chi connectivity index (χ0) is 17.1. The first-order valence-corrected chi connectivity index (χ1v) is 7.62. The van der Waals surface area contributed by atoms with Crippen LogP contribution in [-0.4, -0.2) is 33.3 Å². The number of amides is 1. The van der Waals surface area contributed by atoms with E-state index >= 15 is 0 Å². The molecule has 1 heterocycles. The summed E-state index contributed by atoms with van der Waals surface area (Å²) >= 11 is 6.13. The fourth-order valence-corrected chi connectivity index (χ4v) is 2.66. The molecule has 0 spiro atoms. The summed E-state index contributed by atoms with van der Waals surface area (Å²) < 4.78 is 21.3. The Hall–Kier alpha value is -2.60. The summed E-state index contributed by atoms with van der Waals surface area (Å²) in [6.45, 7) is 0.999. The lowest BCUT2D eigenvalue weighted by Crippen LogP contribution is -2.16. The highest BCUT2D eigenvalue weighted by Gasteiger charge is 2.17. The average molecular weight is 350 g/mol. The highest BCUT2D eigenvalue weighted by Crippen LogP contribution is 2.36. The first-order valence-electron chi connectivity index (χ1n) is 7.25. The average Bonchev–Trinajstić information content (AvgIpc) is 2.60. The Morgan fingerprint density at radius 1 is 1.08 bits per heavy atom. The third-order valence-corrected chi connectivity index (χ3v) is 3.78. The van der Waals surface area contributed by atoms with Crippen molar-refractivity contribution in [3.63, 3.8) is 0 Å². The maximum atomic E-state index is 12.5. The lowest BCUT2D eigenvalue weighted by atomic mass is 10.1. The largest absolute Gasteiger partial charge is 0.493 e. The van der Waals surface area contributed by atoms with E-state index in [1.165, 1.54) is 20.3 Å². The summed E-state index contributed by atoms with van der Waals surface area (Å²) in [5.41, 5.74) is 0.947.